The van der Waals surface area contributed by atoms with E-state index < -0.39 is 5.54 Å². The molecule has 1 saturated heterocycles. The number of hydrogen-bond acceptors (Lipinski definition) is 4. The number of imide groups is 1. The monoisotopic (exact) mass is 275 g/mol. The lowest BCUT2D eigenvalue weighted by Crippen LogP contribution is -2.51. The summed E-state index contributed by atoms with van der Waals surface area (Å²) in [4.78, 5) is 30.1. The van der Waals surface area contributed by atoms with Gasteiger partial charge in [0.15, 0.2) is 0 Å². The van der Waals surface area contributed by atoms with Crippen molar-refractivity contribution >= 4 is 11.9 Å². The highest BCUT2D eigenvalue weighted by atomic mass is 16.2. The third-order valence-corrected chi connectivity index (χ3v) is 4.62. The molecule has 1 aromatic rings. The van der Waals surface area contributed by atoms with Crippen LogP contribution in [-0.2, 0) is 11.3 Å². The molecule has 0 radical (unpaired) electrons. The zero-order valence-electron chi connectivity index (χ0n) is 11.2. The molecule has 3 amide bonds. The van der Waals surface area contributed by atoms with Crippen LogP contribution in [0.4, 0.5) is 4.79 Å². The van der Waals surface area contributed by atoms with Crippen LogP contribution in [0.15, 0.2) is 12.7 Å². The first-order valence-corrected chi connectivity index (χ1v) is 7.18. The number of nitrogens with zero attached hydrogens (tertiary/aromatic N) is 4. The van der Waals surface area contributed by atoms with Gasteiger partial charge >= 0.3 is 6.03 Å². The van der Waals surface area contributed by atoms with Crippen molar-refractivity contribution in [1.82, 2.24) is 25.0 Å². The summed E-state index contributed by atoms with van der Waals surface area (Å²) in [6, 6.07) is -0.242. The van der Waals surface area contributed by atoms with Gasteiger partial charge in [0.25, 0.3) is 5.91 Å². The van der Waals surface area contributed by atoms with Crippen molar-refractivity contribution in [1.29, 1.82) is 0 Å². The lowest BCUT2D eigenvalue weighted by Gasteiger charge is -2.26. The fourth-order valence-corrected chi connectivity index (χ4v) is 3.33. The summed E-state index contributed by atoms with van der Waals surface area (Å²) in [6.07, 6.45) is 7.26. The van der Waals surface area contributed by atoms with Gasteiger partial charge in [-0.1, -0.05) is 0 Å². The largest absolute Gasteiger partial charge is 0.325 e. The predicted molar refractivity (Wildman–Crippen MR) is 68.4 cm³/mol. The normalized spacial score (nSPS) is 25.1. The van der Waals surface area contributed by atoms with Crippen molar-refractivity contribution < 1.29 is 9.59 Å². The lowest BCUT2D eigenvalue weighted by molar-refractivity contribution is -0.133. The molecule has 20 heavy (non-hydrogen) atoms. The van der Waals surface area contributed by atoms with E-state index in [2.05, 4.69) is 15.4 Å². The minimum Gasteiger partial charge on any atom is -0.323 e. The molecule has 7 heteroatoms. The Labute approximate surface area is 116 Å². The molecule has 1 N–H and O–H groups in total. The molecule has 0 spiro atoms. The summed E-state index contributed by atoms with van der Waals surface area (Å²) in [7, 11) is 0. The molecule has 106 valence electrons. The minimum absolute atomic E-state index is 0.0207. The van der Waals surface area contributed by atoms with Gasteiger partial charge in [-0.25, -0.2) is 9.78 Å². The molecule has 0 aromatic carbocycles. The first kappa shape index (κ1) is 11.9. The Morgan fingerprint density at radius 1 is 1.20 bits per heavy atom. The summed E-state index contributed by atoms with van der Waals surface area (Å²) in [5, 5.41) is 7.01. The van der Waals surface area contributed by atoms with Crippen molar-refractivity contribution in [2.45, 2.75) is 37.8 Å². The molecular formula is C13H17N5O2. The van der Waals surface area contributed by atoms with Gasteiger partial charge in [0, 0.05) is 0 Å². The Balaban J connectivity index is 1.52. The van der Waals surface area contributed by atoms with Gasteiger partial charge in [-0.3, -0.25) is 14.4 Å². The Kier molecular flexibility index (Phi) is 2.40. The molecular weight excluding hydrogens is 258 g/mol. The smallest absolute Gasteiger partial charge is 0.323 e. The Morgan fingerprint density at radius 3 is 2.45 bits per heavy atom. The van der Waals surface area contributed by atoms with Crippen LogP contribution in [0.5, 0.6) is 0 Å². The van der Waals surface area contributed by atoms with Crippen LogP contribution in [-0.4, -0.2) is 43.7 Å². The maximum Gasteiger partial charge on any atom is 0.325 e. The van der Waals surface area contributed by atoms with Gasteiger partial charge in [0.2, 0.25) is 0 Å². The average molecular weight is 275 g/mol. The number of aromatic nitrogens is 3. The van der Waals surface area contributed by atoms with Gasteiger partial charge in [-0.2, -0.15) is 5.10 Å². The van der Waals surface area contributed by atoms with Gasteiger partial charge < -0.3 is 5.32 Å². The second-order valence-corrected chi connectivity index (χ2v) is 5.96. The van der Waals surface area contributed by atoms with E-state index in [0.29, 0.717) is 24.9 Å². The maximum atomic E-state index is 12.8. The molecule has 2 saturated carbocycles. The minimum atomic E-state index is -0.584. The summed E-state index contributed by atoms with van der Waals surface area (Å²) in [6.45, 7) is 0.847. The number of amides is 3. The van der Waals surface area contributed by atoms with Crippen molar-refractivity contribution in [3.63, 3.8) is 0 Å². The van der Waals surface area contributed by atoms with E-state index in [4.69, 9.17) is 0 Å². The fraction of sp³-hybridized carbons (Fsp3) is 0.692. The van der Waals surface area contributed by atoms with Crippen LogP contribution in [0.2, 0.25) is 0 Å². The molecule has 3 aliphatic rings. The Bertz CT molecular complexity index is 535. The van der Waals surface area contributed by atoms with Crippen molar-refractivity contribution in [2.75, 3.05) is 6.54 Å². The number of urea groups is 1. The summed E-state index contributed by atoms with van der Waals surface area (Å²) in [5.41, 5.74) is -0.584. The van der Waals surface area contributed by atoms with E-state index in [-0.39, 0.29) is 11.9 Å². The van der Waals surface area contributed by atoms with Gasteiger partial charge in [0.05, 0.1) is 13.1 Å². The molecule has 1 aliphatic heterocycles. The predicted octanol–water partition coefficient (Wildman–Crippen LogP) is 0.389. The first-order valence-electron chi connectivity index (χ1n) is 7.18. The highest BCUT2D eigenvalue weighted by Gasteiger charge is 2.65. The number of hydrogen-bond donors (Lipinski definition) is 1. The quantitative estimate of drug-likeness (QED) is 0.788. The second-order valence-electron chi connectivity index (χ2n) is 5.96. The summed E-state index contributed by atoms with van der Waals surface area (Å²) in [5.74, 6) is 0.679. The zero-order chi connectivity index (χ0) is 13.7. The second kappa shape index (κ2) is 4.04. The third kappa shape index (κ3) is 1.65. The zero-order valence-corrected chi connectivity index (χ0v) is 11.2. The van der Waals surface area contributed by atoms with Gasteiger partial charge in [0.1, 0.15) is 18.2 Å². The van der Waals surface area contributed by atoms with E-state index >= 15 is 0 Å². The van der Waals surface area contributed by atoms with Crippen LogP contribution in [0.1, 0.15) is 25.7 Å². The topological polar surface area (TPSA) is 80.1 Å². The van der Waals surface area contributed by atoms with E-state index in [1.54, 1.807) is 11.0 Å². The molecule has 2 heterocycles. The SMILES string of the molecule is O=C1NC(C2CC2)(C2CC2)C(=O)N1CCn1cncn1. The Morgan fingerprint density at radius 2 is 1.90 bits per heavy atom. The first-order chi connectivity index (χ1) is 9.72. The fourth-order valence-electron chi connectivity index (χ4n) is 3.33. The molecule has 7 nitrogen and oxygen atoms in total. The highest BCUT2D eigenvalue weighted by Crippen LogP contribution is 2.54. The molecule has 2 aliphatic carbocycles. The Hall–Kier alpha value is -1.92. The van der Waals surface area contributed by atoms with Gasteiger partial charge in [-0.15, -0.1) is 0 Å². The number of nitrogens with one attached hydrogen (secondary N) is 1. The number of carbonyl (C=O) groups excluding carboxylic acids is 2. The van der Waals surface area contributed by atoms with Crippen molar-refractivity contribution in [3.8, 4) is 0 Å². The van der Waals surface area contributed by atoms with Crippen LogP contribution in [0.3, 0.4) is 0 Å². The standard InChI is InChI=1S/C13H17N5O2/c19-11-13(9-1-2-9,10-3-4-10)16-12(20)18(11)6-5-17-8-14-7-15-17/h7-10H,1-6H2,(H,16,20). The van der Waals surface area contributed by atoms with E-state index in [0.717, 1.165) is 25.7 Å². The van der Waals surface area contributed by atoms with Crippen LogP contribution in [0.25, 0.3) is 0 Å². The molecule has 4 rings (SSSR count). The highest BCUT2D eigenvalue weighted by molar-refractivity contribution is 6.07. The molecule has 0 unspecified atom stereocenters. The molecule has 1 aromatic heterocycles. The van der Waals surface area contributed by atoms with E-state index in [1.165, 1.54) is 11.2 Å². The lowest BCUT2D eigenvalue weighted by atomic mass is 9.87. The summed E-state index contributed by atoms with van der Waals surface area (Å²) < 4.78 is 1.63. The third-order valence-electron chi connectivity index (χ3n) is 4.62. The molecule has 3 fully saturated rings. The van der Waals surface area contributed by atoms with Crippen LogP contribution < -0.4 is 5.32 Å². The van der Waals surface area contributed by atoms with Crippen molar-refractivity contribution in [3.05, 3.63) is 12.7 Å². The molecule has 0 atom stereocenters. The summed E-state index contributed by atoms with van der Waals surface area (Å²) >= 11 is 0. The van der Waals surface area contributed by atoms with Crippen LogP contribution in [0, 0.1) is 11.8 Å². The maximum absolute atomic E-state index is 12.8. The van der Waals surface area contributed by atoms with E-state index in [9.17, 15) is 9.59 Å². The molecule has 0 bridgehead atoms. The van der Waals surface area contributed by atoms with E-state index in [1.807, 2.05) is 0 Å². The number of rotatable bonds is 5. The van der Waals surface area contributed by atoms with Gasteiger partial charge in [-0.05, 0) is 37.5 Å². The number of carbonyl (C=O) groups is 2. The average Bonchev–Trinajstić information content (AvgIpc) is 3.35. The van der Waals surface area contributed by atoms with Crippen LogP contribution >= 0.6 is 0 Å². The van der Waals surface area contributed by atoms with Crippen molar-refractivity contribution in [2.24, 2.45) is 11.8 Å².